The highest BCUT2D eigenvalue weighted by Crippen LogP contribution is 2.27. The van der Waals surface area contributed by atoms with Crippen LogP contribution >= 0.6 is 0 Å². The number of hydrogen-bond donors (Lipinski definition) is 1. The molecule has 0 radical (unpaired) electrons. The Balaban J connectivity index is 1.80. The van der Waals surface area contributed by atoms with Crippen LogP contribution in [0, 0.1) is 18.6 Å². The van der Waals surface area contributed by atoms with E-state index in [9.17, 15) is 0 Å². The second-order valence-corrected chi connectivity index (χ2v) is 9.52. The number of nitrogens with one attached hydrogen (secondary N) is 1. The second kappa shape index (κ2) is 15.4. The van der Waals surface area contributed by atoms with Crippen molar-refractivity contribution in [2.24, 2.45) is 0 Å². The molecule has 6 heteroatoms. The van der Waals surface area contributed by atoms with Gasteiger partial charge in [0.15, 0.2) is 11.6 Å². The van der Waals surface area contributed by atoms with Gasteiger partial charge in [0.05, 0.1) is 0 Å². The molecule has 1 aromatic carbocycles. The topological polar surface area (TPSA) is 50.7 Å². The van der Waals surface area contributed by atoms with Gasteiger partial charge in [-0.25, -0.2) is 18.7 Å². The van der Waals surface area contributed by atoms with E-state index in [0.29, 0.717) is 16.7 Å². The normalized spacial score (nSPS) is 12.8. The Morgan fingerprint density at radius 3 is 2.60 bits per heavy atom. The third-order valence-corrected chi connectivity index (χ3v) is 6.21. The molecular formula is C34H38F2N4. The van der Waals surface area contributed by atoms with Gasteiger partial charge in [-0.1, -0.05) is 86.6 Å². The molecule has 0 aliphatic rings. The van der Waals surface area contributed by atoms with Crippen molar-refractivity contribution in [2.75, 3.05) is 5.32 Å². The van der Waals surface area contributed by atoms with Crippen molar-refractivity contribution in [3.8, 4) is 11.3 Å². The van der Waals surface area contributed by atoms with Crippen LogP contribution in [0.4, 0.5) is 14.6 Å². The molecule has 2 heterocycles. The number of aryl methyl sites for hydroxylation is 1. The SMILES string of the molecule is C\C=C/C(=C\C(C)=C\CC)c1ncc(CNc2ncnc(-c3ccc(C)c(/C=C\C=C\CCC)c3)c2F)cc1F. The van der Waals surface area contributed by atoms with Gasteiger partial charge in [0.1, 0.15) is 23.5 Å². The van der Waals surface area contributed by atoms with Gasteiger partial charge in [-0.15, -0.1) is 0 Å². The zero-order chi connectivity index (χ0) is 28.9. The molecule has 0 saturated carbocycles. The molecule has 0 aliphatic heterocycles. The lowest BCUT2D eigenvalue weighted by Gasteiger charge is -2.11. The molecule has 0 spiro atoms. The molecule has 4 nitrogen and oxygen atoms in total. The summed E-state index contributed by atoms with van der Waals surface area (Å²) in [6, 6.07) is 7.13. The first-order chi connectivity index (χ1) is 19.4. The predicted octanol–water partition coefficient (Wildman–Crippen LogP) is 9.42. The molecular weight excluding hydrogens is 502 g/mol. The Morgan fingerprint density at radius 1 is 1.05 bits per heavy atom. The molecule has 208 valence electrons. The van der Waals surface area contributed by atoms with Gasteiger partial charge < -0.3 is 5.32 Å². The van der Waals surface area contributed by atoms with E-state index in [2.05, 4.69) is 46.3 Å². The van der Waals surface area contributed by atoms with Gasteiger partial charge >= 0.3 is 0 Å². The zero-order valence-corrected chi connectivity index (χ0v) is 24.0. The van der Waals surface area contributed by atoms with E-state index < -0.39 is 11.6 Å². The highest BCUT2D eigenvalue weighted by atomic mass is 19.1. The minimum absolute atomic E-state index is 0.0458. The van der Waals surface area contributed by atoms with Crippen molar-refractivity contribution in [1.29, 1.82) is 0 Å². The minimum atomic E-state index is -0.564. The van der Waals surface area contributed by atoms with Gasteiger partial charge in [-0.2, -0.15) is 0 Å². The number of pyridine rings is 1. The predicted molar refractivity (Wildman–Crippen MR) is 164 cm³/mol. The van der Waals surface area contributed by atoms with Crippen LogP contribution in [-0.4, -0.2) is 15.0 Å². The van der Waals surface area contributed by atoms with Crippen molar-refractivity contribution in [3.05, 3.63) is 119 Å². The van der Waals surface area contributed by atoms with Crippen LogP contribution in [0.1, 0.15) is 69.3 Å². The fourth-order valence-corrected chi connectivity index (χ4v) is 4.14. The Morgan fingerprint density at radius 2 is 1.88 bits per heavy atom. The summed E-state index contributed by atoms with van der Waals surface area (Å²) in [6.45, 7) is 10.2. The molecule has 0 fully saturated rings. The Bertz CT molecular complexity index is 1450. The van der Waals surface area contributed by atoms with Crippen LogP contribution in [0.25, 0.3) is 22.9 Å². The Kier molecular flexibility index (Phi) is 11.7. The summed E-state index contributed by atoms with van der Waals surface area (Å²) in [7, 11) is 0. The van der Waals surface area contributed by atoms with Crippen LogP contribution in [-0.2, 0) is 6.54 Å². The summed E-state index contributed by atoms with van der Waals surface area (Å²) in [5.41, 5.74) is 5.49. The highest BCUT2D eigenvalue weighted by molar-refractivity contribution is 5.74. The molecule has 0 unspecified atom stereocenters. The number of benzene rings is 1. The van der Waals surface area contributed by atoms with Crippen LogP contribution in [0.3, 0.4) is 0 Å². The van der Waals surface area contributed by atoms with Crippen molar-refractivity contribution in [3.63, 3.8) is 0 Å². The summed E-state index contributed by atoms with van der Waals surface area (Å²) in [5, 5.41) is 2.98. The molecule has 2 aromatic heterocycles. The van der Waals surface area contributed by atoms with Crippen LogP contribution in [0.15, 0.2) is 84.9 Å². The van der Waals surface area contributed by atoms with E-state index in [1.54, 1.807) is 6.20 Å². The molecule has 0 aliphatic carbocycles. The van der Waals surface area contributed by atoms with Crippen LogP contribution in [0.2, 0.25) is 0 Å². The average molecular weight is 541 g/mol. The molecule has 0 bridgehead atoms. The highest BCUT2D eigenvalue weighted by Gasteiger charge is 2.15. The molecule has 3 rings (SSSR count). The number of unbranched alkanes of at least 4 members (excludes halogenated alkanes) is 1. The van der Waals surface area contributed by atoms with Crippen LogP contribution in [0.5, 0.6) is 0 Å². The number of nitrogens with zero attached hydrogens (tertiary/aromatic N) is 3. The molecule has 0 amide bonds. The van der Waals surface area contributed by atoms with E-state index in [4.69, 9.17) is 0 Å². The fourth-order valence-electron chi connectivity index (χ4n) is 4.14. The third kappa shape index (κ3) is 8.40. The number of hydrogen-bond acceptors (Lipinski definition) is 4. The standard InChI is InChI=1S/C34H38F2N4/c1-6-9-10-11-12-15-27-20-29(17-16-25(27)5)33-31(36)34(40-23-39-33)38-22-26-19-30(35)32(37-21-26)28(14-8-3)18-24(4)13-7-2/h8,10-21,23H,6-7,9,22H2,1-5H3,(H,38,39,40)/b11-10+,14-8-,15-12-,24-13+,28-18+. The molecule has 1 N–H and O–H groups in total. The second-order valence-electron chi connectivity index (χ2n) is 9.52. The summed E-state index contributed by atoms with van der Waals surface area (Å²) < 4.78 is 30.6. The van der Waals surface area contributed by atoms with E-state index in [1.165, 1.54) is 12.4 Å². The monoisotopic (exact) mass is 540 g/mol. The largest absolute Gasteiger partial charge is 0.363 e. The molecule has 0 atom stereocenters. The van der Waals surface area contributed by atoms with E-state index in [1.807, 2.05) is 75.4 Å². The van der Waals surface area contributed by atoms with E-state index in [0.717, 1.165) is 36.0 Å². The molecule has 40 heavy (non-hydrogen) atoms. The lowest BCUT2D eigenvalue weighted by molar-refractivity contribution is 0.613. The van der Waals surface area contributed by atoms with Crippen molar-refractivity contribution >= 4 is 17.5 Å². The zero-order valence-electron chi connectivity index (χ0n) is 24.0. The van der Waals surface area contributed by atoms with Gasteiger partial charge in [-0.3, -0.25) is 4.98 Å². The van der Waals surface area contributed by atoms with E-state index >= 15 is 8.78 Å². The number of aromatic nitrogens is 3. The number of rotatable bonds is 12. The van der Waals surface area contributed by atoms with Crippen molar-refractivity contribution in [2.45, 2.75) is 60.4 Å². The summed E-state index contributed by atoms with van der Waals surface area (Å²) in [6.07, 6.45) is 21.8. The van der Waals surface area contributed by atoms with Gasteiger partial charge in [0.2, 0.25) is 0 Å². The first-order valence-electron chi connectivity index (χ1n) is 13.7. The number of allylic oxidation sites excluding steroid dienone is 9. The molecule has 0 saturated heterocycles. The maximum Gasteiger partial charge on any atom is 0.191 e. The van der Waals surface area contributed by atoms with E-state index in [-0.39, 0.29) is 23.8 Å². The fraction of sp³-hybridized carbons (Fsp3) is 0.265. The van der Waals surface area contributed by atoms with Gasteiger partial charge in [0.25, 0.3) is 0 Å². The van der Waals surface area contributed by atoms with Crippen molar-refractivity contribution < 1.29 is 8.78 Å². The first kappa shape index (κ1) is 30.4. The smallest absolute Gasteiger partial charge is 0.191 e. The number of halogens is 2. The minimum Gasteiger partial charge on any atom is -0.363 e. The summed E-state index contributed by atoms with van der Waals surface area (Å²) >= 11 is 0. The lowest BCUT2D eigenvalue weighted by Crippen LogP contribution is -2.07. The van der Waals surface area contributed by atoms with Crippen molar-refractivity contribution in [1.82, 2.24) is 15.0 Å². The molecule has 3 aromatic rings. The van der Waals surface area contributed by atoms with Crippen LogP contribution < -0.4 is 5.32 Å². The summed E-state index contributed by atoms with van der Waals surface area (Å²) in [4.78, 5) is 12.7. The summed E-state index contributed by atoms with van der Waals surface area (Å²) in [5.74, 6) is -0.961. The average Bonchev–Trinajstić information content (AvgIpc) is 2.93. The maximum absolute atomic E-state index is 15.5. The van der Waals surface area contributed by atoms with Gasteiger partial charge in [0, 0.05) is 23.9 Å². The Hall–Kier alpha value is -4.19. The quantitative estimate of drug-likeness (QED) is 0.233. The lowest BCUT2D eigenvalue weighted by atomic mass is 10.0. The van der Waals surface area contributed by atoms with Gasteiger partial charge in [-0.05, 0) is 62.4 Å². The third-order valence-electron chi connectivity index (χ3n) is 6.21. The maximum atomic E-state index is 15.5. The first-order valence-corrected chi connectivity index (χ1v) is 13.7. The number of anilines is 1. The Labute approximate surface area is 237 Å².